The molecular weight excluding hydrogens is 248 g/mol. The van der Waals surface area contributed by atoms with Crippen LogP contribution < -0.4 is 5.32 Å². The topological polar surface area (TPSA) is 49.4 Å². The Balaban J connectivity index is 1.94. The fourth-order valence-corrected chi connectivity index (χ4v) is 4.86. The second-order valence-electron chi connectivity index (χ2n) is 6.09. The molecule has 0 saturated carbocycles. The van der Waals surface area contributed by atoms with E-state index in [1.54, 1.807) is 0 Å². The number of rotatable bonds is 2. The zero-order chi connectivity index (χ0) is 13.2. The number of hydrogen-bond acceptors (Lipinski definition) is 4. The lowest BCUT2D eigenvalue weighted by molar-refractivity contribution is 0.201. The Morgan fingerprint density at radius 1 is 1.28 bits per heavy atom. The molecule has 0 bridgehead atoms. The van der Waals surface area contributed by atoms with Gasteiger partial charge >= 0.3 is 0 Å². The third-order valence-electron chi connectivity index (χ3n) is 4.19. The van der Waals surface area contributed by atoms with Gasteiger partial charge in [0.25, 0.3) is 0 Å². The van der Waals surface area contributed by atoms with E-state index in [1.807, 2.05) is 0 Å². The van der Waals surface area contributed by atoms with Crippen molar-refractivity contribution >= 4 is 9.84 Å². The first kappa shape index (κ1) is 14.3. The zero-order valence-corrected chi connectivity index (χ0v) is 12.4. The molecule has 0 spiro atoms. The van der Waals surface area contributed by atoms with E-state index in [0.29, 0.717) is 17.7 Å². The summed E-state index contributed by atoms with van der Waals surface area (Å²) in [5, 5.41) is 3.42. The summed E-state index contributed by atoms with van der Waals surface area (Å²) < 4.78 is 23.8. The van der Waals surface area contributed by atoms with E-state index in [1.165, 1.54) is 0 Å². The Bertz CT molecular complexity index is 369. The van der Waals surface area contributed by atoms with E-state index >= 15 is 0 Å². The van der Waals surface area contributed by atoms with Crippen LogP contribution in [0.1, 0.15) is 33.1 Å². The maximum Gasteiger partial charge on any atom is 0.154 e. The number of nitrogens with one attached hydrogen (secondary N) is 1. The van der Waals surface area contributed by atoms with E-state index in [4.69, 9.17) is 0 Å². The Kier molecular flexibility index (Phi) is 4.67. The molecule has 0 aromatic heterocycles. The molecular formula is C13H26N2O2S. The lowest BCUT2D eigenvalue weighted by Gasteiger charge is -2.32. The molecule has 2 aliphatic rings. The summed E-state index contributed by atoms with van der Waals surface area (Å²) in [4.78, 5) is 2.37. The van der Waals surface area contributed by atoms with Crippen molar-refractivity contribution in [1.29, 1.82) is 0 Å². The molecule has 3 atom stereocenters. The first-order valence-corrected chi connectivity index (χ1v) is 8.86. The van der Waals surface area contributed by atoms with Crippen LogP contribution in [-0.4, -0.2) is 56.5 Å². The molecule has 2 saturated heterocycles. The molecule has 0 aliphatic carbocycles. The minimum atomic E-state index is -2.80. The fraction of sp³-hybridized carbons (Fsp3) is 1.00. The van der Waals surface area contributed by atoms with Crippen LogP contribution in [0.4, 0.5) is 0 Å². The molecule has 3 unspecified atom stereocenters. The molecule has 1 N–H and O–H groups in total. The highest BCUT2D eigenvalue weighted by atomic mass is 32.2. The average molecular weight is 274 g/mol. The first-order valence-electron chi connectivity index (χ1n) is 7.14. The largest absolute Gasteiger partial charge is 0.314 e. The molecule has 0 aromatic rings. The van der Waals surface area contributed by atoms with Crippen molar-refractivity contribution in [3.63, 3.8) is 0 Å². The van der Waals surface area contributed by atoms with Crippen molar-refractivity contribution < 1.29 is 8.42 Å². The Morgan fingerprint density at radius 2 is 2.06 bits per heavy atom. The maximum absolute atomic E-state index is 11.9. The van der Waals surface area contributed by atoms with Crippen molar-refractivity contribution in [2.24, 2.45) is 5.92 Å². The molecule has 2 fully saturated rings. The van der Waals surface area contributed by atoms with Gasteiger partial charge in [-0.1, -0.05) is 6.92 Å². The van der Waals surface area contributed by atoms with Gasteiger partial charge in [0, 0.05) is 19.1 Å². The minimum absolute atomic E-state index is 0.104. The highest BCUT2D eigenvalue weighted by Crippen LogP contribution is 2.21. The summed E-state index contributed by atoms with van der Waals surface area (Å²) in [6.07, 6.45) is 2.83. The van der Waals surface area contributed by atoms with E-state index in [0.717, 1.165) is 45.4 Å². The molecule has 0 amide bonds. The normalized spacial score (nSPS) is 38.2. The van der Waals surface area contributed by atoms with Gasteiger partial charge in [0.05, 0.1) is 11.0 Å². The monoisotopic (exact) mass is 274 g/mol. The first-order chi connectivity index (χ1) is 8.47. The second-order valence-corrected chi connectivity index (χ2v) is 8.49. The maximum atomic E-state index is 11.9. The standard InChI is InChI=1S/C13H26N2O2S/c1-11-8-14-12(2)5-6-15(9-11)10-13-4-3-7-18(13,16)17/h11-14H,3-10H2,1-2H3. The quantitative estimate of drug-likeness (QED) is 0.812. The van der Waals surface area contributed by atoms with Gasteiger partial charge in [-0.3, -0.25) is 0 Å². The molecule has 2 heterocycles. The number of sulfone groups is 1. The van der Waals surface area contributed by atoms with Crippen LogP contribution in [0.25, 0.3) is 0 Å². The Morgan fingerprint density at radius 3 is 2.72 bits per heavy atom. The summed E-state index contributed by atoms with van der Waals surface area (Å²) in [6, 6.07) is 0.537. The predicted octanol–water partition coefficient (Wildman–Crippen LogP) is 0.884. The molecule has 2 aliphatic heterocycles. The van der Waals surface area contributed by atoms with Gasteiger partial charge in [-0.05, 0) is 45.2 Å². The Hall–Kier alpha value is -0.130. The van der Waals surface area contributed by atoms with E-state index in [9.17, 15) is 8.42 Å². The van der Waals surface area contributed by atoms with Crippen molar-refractivity contribution in [2.45, 2.75) is 44.4 Å². The molecule has 0 aromatic carbocycles. The summed E-state index contributed by atoms with van der Waals surface area (Å²) >= 11 is 0. The van der Waals surface area contributed by atoms with E-state index in [-0.39, 0.29) is 5.25 Å². The smallest absolute Gasteiger partial charge is 0.154 e. The van der Waals surface area contributed by atoms with Crippen LogP contribution in [0.3, 0.4) is 0 Å². The lowest BCUT2D eigenvalue weighted by atomic mass is 10.1. The van der Waals surface area contributed by atoms with Gasteiger partial charge < -0.3 is 10.2 Å². The Labute approximate surface area is 111 Å². The van der Waals surface area contributed by atoms with E-state index < -0.39 is 9.84 Å². The van der Waals surface area contributed by atoms with Crippen LogP contribution in [0.2, 0.25) is 0 Å². The zero-order valence-electron chi connectivity index (χ0n) is 11.6. The number of nitrogens with zero attached hydrogens (tertiary/aromatic N) is 1. The van der Waals surface area contributed by atoms with E-state index in [2.05, 4.69) is 24.1 Å². The van der Waals surface area contributed by atoms with Crippen molar-refractivity contribution in [2.75, 3.05) is 31.9 Å². The third-order valence-corrected chi connectivity index (χ3v) is 6.45. The third kappa shape index (κ3) is 3.68. The fourth-order valence-electron chi connectivity index (χ4n) is 2.99. The lowest BCUT2D eigenvalue weighted by Crippen LogP contribution is -2.45. The summed E-state index contributed by atoms with van der Waals surface area (Å²) in [5.41, 5.74) is 0. The summed E-state index contributed by atoms with van der Waals surface area (Å²) in [5.74, 6) is 0.996. The summed E-state index contributed by atoms with van der Waals surface area (Å²) in [6.45, 7) is 8.27. The average Bonchev–Trinajstić information content (AvgIpc) is 2.61. The van der Waals surface area contributed by atoms with Gasteiger partial charge in [0.1, 0.15) is 0 Å². The van der Waals surface area contributed by atoms with Crippen molar-refractivity contribution in [3.8, 4) is 0 Å². The van der Waals surface area contributed by atoms with Gasteiger partial charge in [0.2, 0.25) is 0 Å². The van der Waals surface area contributed by atoms with Crippen LogP contribution in [-0.2, 0) is 9.84 Å². The molecule has 18 heavy (non-hydrogen) atoms. The van der Waals surface area contributed by atoms with Gasteiger partial charge in [-0.15, -0.1) is 0 Å². The van der Waals surface area contributed by atoms with Crippen LogP contribution in [0, 0.1) is 5.92 Å². The van der Waals surface area contributed by atoms with Crippen molar-refractivity contribution in [3.05, 3.63) is 0 Å². The van der Waals surface area contributed by atoms with Crippen molar-refractivity contribution in [1.82, 2.24) is 10.2 Å². The molecule has 106 valence electrons. The predicted molar refractivity (Wildman–Crippen MR) is 74.5 cm³/mol. The molecule has 5 heteroatoms. The minimum Gasteiger partial charge on any atom is -0.314 e. The van der Waals surface area contributed by atoms with Gasteiger partial charge in [0.15, 0.2) is 9.84 Å². The van der Waals surface area contributed by atoms with Crippen LogP contribution >= 0.6 is 0 Å². The summed E-state index contributed by atoms with van der Waals surface area (Å²) in [7, 11) is -2.80. The number of hydrogen-bond donors (Lipinski definition) is 1. The SMILES string of the molecule is CC1CNC(C)CCN(CC2CCCS2(=O)=O)C1. The van der Waals surface area contributed by atoms with Gasteiger partial charge in [-0.2, -0.15) is 0 Å². The molecule has 4 nitrogen and oxygen atoms in total. The highest BCUT2D eigenvalue weighted by Gasteiger charge is 2.33. The molecule has 2 rings (SSSR count). The van der Waals surface area contributed by atoms with Crippen LogP contribution in [0.5, 0.6) is 0 Å². The second kappa shape index (κ2) is 5.88. The van der Waals surface area contributed by atoms with Gasteiger partial charge in [-0.25, -0.2) is 8.42 Å². The van der Waals surface area contributed by atoms with Crippen LogP contribution in [0.15, 0.2) is 0 Å². The molecule has 0 radical (unpaired) electrons. The highest BCUT2D eigenvalue weighted by molar-refractivity contribution is 7.92.